The van der Waals surface area contributed by atoms with Gasteiger partial charge in [0.2, 0.25) is 0 Å². The van der Waals surface area contributed by atoms with Gasteiger partial charge in [-0.15, -0.1) is 0 Å². The number of nitrogens with one attached hydrogen (secondary N) is 1. The molecular formula is C8H11N3O. The van der Waals surface area contributed by atoms with E-state index in [-0.39, 0.29) is 5.91 Å². The molecule has 64 valence electrons. The van der Waals surface area contributed by atoms with E-state index in [1.54, 1.807) is 10.9 Å². The molecule has 0 saturated heterocycles. The summed E-state index contributed by atoms with van der Waals surface area (Å²) in [5, 5.41) is 6.87. The number of aromatic nitrogens is 2. The Balaban J connectivity index is 2.47. The van der Waals surface area contributed by atoms with Crippen LogP contribution >= 0.6 is 0 Å². The lowest BCUT2D eigenvalue weighted by molar-refractivity contribution is 0.0956. The Labute approximate surface area is 70.6 Å². The summed E-state index contributed by atoms with van der Waals surface area (Å²) in [6.07, 6.45) is 3.57. The van der Waals surface area contributed by atoms with Gasteiger partial charge in [0, 0.05) is 13.6 Å². The van der Waals surface area contributed by atoms with Crippen LogP contribution in [0.3, 0.4) is 0 Å². The van der Waals surface area contributed by atoms with E-state index in [1.807, 2.05) is 7.05 Å². The second kappa shape index (κ2) is 2.62. The van der Waals surface area contributed by atoms with E-state index >= 15 is 0 Å². The number of aryl methyl sites for hydroxylation is 1. The first-order valence-corrected chi connectivity index (χ1v) is 4.08. The van der Waals surface area contributed by atoms with Crippen molar-refractivity contribution in [3.8, 4) is 0 Å². The summed E-state index contributed by atoms with van der Waals surface area (Å²) in [5.41, 5.74) is 1.78. The van der Waals surface area contributed by atoms with Gasteiger partial charge in [-0.25, -0.2) is 0 Å². The number of nitrogens with zero attached hydrogens (tertiary/aromatic N) is 2. The highest BCUT2D eigenvalue weighted by Gasteiger charge is 2.17. The molecule has 1 amide bonds. The van der Waals surface area contributed by atoms with Gasteiger partial charge >= 0.3 is 0 Å². The van der Waals surface area contributed by atoms with Gasteiger partial charge in [-0.05, 0) is 12.8 Å². The molecule has 0 radical (unpaired) electrons. The van der Waals surface area contributed by atoms with Crippen molar-refractivity contribution >= 4 is 5.91 Å². The Kier molecular flexibility index (Phi) is 1.60. The Morgan fingerprint density at radius 3 is 3.33 bits per heavy atom. The molecule has 0 unspecified atom stereocenters. The monoisotopic (exact) mass is 165 g/mol. The molecule has 0 atom stereocenters. The molecule has 1 aromatic heterocycles. The number of rotatable bonds is 0. The molecule has 0 bridgehead atoms. The minimum atomic E-state index is 0.00981. The van der Waals surface area contributed by atoms with Crippen molar-refractivity contribution in [2.75, 3.05) is 6.54 Å². The first-order chi connectivity index (χ1) is 5.79. The van der Waals surface area contributed by atoms with Crippen molar-refractivity contribution in [1.82, 2.24) is 15.1 Å². The summed E-state index contributed by atoms with van der Waals surface area (Å²) in [4.78, 5) is 11.4. The van der Waals surface area contributed by atoms with Crippen LogP contribution in [0.4, 0.5) is 0 Å². The molecule has 0 saturated carbocycles. The Hall–Kier alpha value is -1.32. The molecule has 4 nitrogen and oxygen atoms in total. The summed E-state index contributed by atoms with van der Waals surface area (Å²) in [6, 6.07) is 0. The minimum Gasteiger partial charge on any atom is -0.352 e. The maximum Gasteiger partial charge on any atom is 0.254 e. The number of carbonyl (C=O) groups is 1. The molecule has 1 aliphatic rings. The number of fused-ring (bicyclic) bond motifs is 1. The van der Waals surface area contributed by atoms with Crippen molar-refractivity contribution in [3.05, 3.63) is 17.5 Å². The van der Waals surface area contributed by atoms with E-state index < -0.39 is 0 Å². The molecule has 4 heteroatoms. The van der Waals surface area contributed by atoms with Crippen molar-refractivity contribution < 1.29 is 4.79 Å². The smallest absolute Gasteiger partial charge is 0.254 e. The highest BCUT2D eigenvalue weighted by Crippen LogP contribution is 2.12. The predicted molar refractivity (Wildman–Crippen MR) is 43.9 cm³/mol. The van der Waals surface area contributed by atoms with Gasteiger partial charge in [0.25, 0.3) is 5.91 Å². The molecule has 2 heterocycles. The fourth-order valence-electron chi connectivity index (χ4n) is 1.50. The third-order valence-electron chi connectivity index (χ3n) is 2.18. The molecule has 1 aromatic rings. The van der Waals surface area contributed by atoms with E-state index in [0.717, 1.165) is 30.6 Å². The maximum absolute atomic E-state index is 11.4. The summed E-state index contributed by atoms with van der Waals surface area (Å²) in [5.74, 6) is 0.00981. The maximum atomic E-state index is 11.4. The number of amides is 1. The summed E-state index contributed by atoms with van der Waals surface area (Å²) in [6.45, 7) is 0.771. The number of carbonyl (C=O) groups excluding carboxylic acids is 1. The summed E-state index contributed by atoms with van der Waals surface area (Å²) < 4.78 is 1.78. The van der Waals surface area contributed by atoms with Crippen molar-refractivity contribution in [2.45, 2.75) is 12.8 Å². The van der Waals surface area contributed by atoms with Crippen LogP contribution in [-0.4, -0.2) is 22.2 Å². The average Bonchev–Trinajstić information content (AvgIpc) is 2.30. The average molecular weight is 165 g/mol. The van der Waals surface area contributed by atoms with Crippen molar-refractivity contribution in [2.24, 2.45) is 7.05 Å². The zero-order valence-electron chi connectivity index (χ0n) is 7.00. The lowest BCUT2D eigenvalue weighted by Crippen LogP contribution is -2.22. The Morgan fingerprint density at radius 1 is 1.67 bits per heavy atom. The van der Waals surface area contributed by atoms with Gasteiger partial charge in [-0.1, -0.05) is 0 Å². The topological polar surface area (TPSA) is 46.9 Å². The van der Waals surface area contributed by atoms with E-state index in [4.69, 9.17) is 0 Å². The van der Waals surface area contributed by atoms with Gasteiger partial charge in [-0.2, -0.15) is 5.10 Å². The van der Waals surface area contributed by atoms with E-state index in [9.17, 15) is 4.79 Å². The van der Waals surface area contributed by atoms with E-state index in [0.29, 0.717) is 0 Å². The van der Waals surface area contributed by atoms with Crippen LogP contribution in [0.5, 0.6) is 0 Å². The fraction of sp³-hybridized carbons (Fsp3) is 0.500. The molecule has 0 spiro atoms. The largest absolute Gasteiger partial charge is 0.352 e. The third-order valence-corrected chi connectivity index (χ3v) is 2.18. The first-order valence-electron chi connectivity index (χ1n) is 4.08. The van der Waals surface area contributed by atoms with Gasteiger partial charge < -0.3 is 5.32 Å². The Bertz CT molecular complexity index is 316. The molecule has 0 aromatic carbocycles. The van der Waals surface area contributed by atoms with Crippen molar-refractivity contribution in [1.29, 1.82) is 0 Å². The van der Waals surface area contributed by atoms with Gasteiger partial charge in [0.05, 0.1) is 17.5 Å². The summed E-state index contributed by atoms with van der Waals surface area (Å²) >= 11 is 0. The van der Waals surface area contributed by atoms with Crippen LogP contribution in [0.15, 0.2) is 6.20 Å². The van der Waals surface area contributed by atoms with Gasteiger partial charge in [0.1, 0.15) is 0 Å². The molecule has 1 N–H and O–H groups in total. The number of hydrogen-bond acceptors (Lipinski definition) is 2. The Morgan fingerprint density at radius 2 is 2.50 bits per heavy atom. The molecule has 12 heavy (non-hydrogen) atoms. The van der Waals surface area contributed by atoms with Gasteiger partial charge in [-0.3, -0.25) is 9.48 Å². The lowest BCUT2D eigenvalue weighted by atomic mass is 10.2. The van der Waals surface area contributed by atoms with Crippen LogP contribution in [0.25, 0.3) is 0 Å². The van der Waals surface area contributed by atoms with Crippen LogP contribution in [0.2, 0.25) is 0 Å². The molecule has 1 aliphatic heterocycles. The summed E-state index contributed by atoms with van der Waals surface area (Å²) in [7, 11) is 1.87. The lowest BCUT2D eigenvalue weighted by Gasteiger charge is -1.97. The fourth-order valence-corrected chi connectivity index (χ4v) is 1.50. The molecule has 0 aliphatic carbocycles. The van der Waals surface area contributed by atoms with E-state index in [1.165, 1.54) is 0 Å². The second-order valence-electron chi connectivity index (χ2n) is 2.99. The van der Waals surface area contributed by atoms with Crippen LogP contribution in [-0.2, 0) is 13.5 Å². The van der Waals surface area contributed by atoms with Crippen LogP contribution < -0.4 is 5.32 Å². The zero-order chi connectivity index (χ0) is 8.55. The standard InChI is InChI=1S/C8H11N3O/c1-11-7-3-2-4-9-8(12)6(7)5-10-11/h5H,2-4H2,1H3,(H,9,12). The third kappa shape index (κ3) is 0.995. The highest BCUT2D eigenvalue weighted by atomic mass is 16.1. The van der Waals surface area contributed by atoms with Crippen molar-refractivity contribution in [3.63, 3.8) is 0 Å². The highest BCUT2D eigenvalue weighted by molar-refractivity contribution is 5.95. The predicted octanol–water partition coefficient (Wildman–Crippen LogP) is 0.0961. The molecular weight excluding hydrogens is 154 g/mol. The second-order valence-corrected chi connectivity index (χ2v) is 2.99. The van der Waals surface area contributed by atoms with Crippen LogP contribution in [0, 0.1) is 0 Å². The number of hydrogen-bond donors (Lipinski definition) is 1. The quantitative estimate of drug-likeness (QED) is 0.592. The van der Waals surface area contributed by atoms with E-state index in [2.05, 4.69) is 10.4 Å². The van der Waals surface area contributed by atoms with Gasteiger partial charge in [0.15, 0.2) is 0 Å². The SMILES string of the molecule is Cn1ncc2c1CCCNC2=O. The first kappa shape index (κ1) is 7.34. The molecule has 2 rings (SSSR count). The normalized spacial score (nSPS) is 16.6. The zero-order valence-corrected chi connectivity index (χ0v) is 7.00. The molecule has 0 fully saturated rings. The van der Waals surface area contributed by atoms with Crippen LogP contribution in [0.1, 0.15) is 22.5 Å². The minimum absolute atomic E-state index is 0.00981.